The third-order valence-corrected chi connectivity index (χ3v) is 3.35. The number of aliphatic carboxylic acids is 1. The zero-order chi connectivity index (χ0) is 15.2. The minimum Gasteiger partial charge on any atom is -0.497 e. The van der Waals surface area contributed by atoms with Gasteiger partial charge in [0.1, 0.15) is 5.75 Å². The van der Waals surface area contributed by atoms with Gasteiger partial charge in [-0.25, -0.2) is 4.79 Å². The zero-order valence-electron chi connectivity index (χ0n) is 11.7. The molecule has 2 rings (SSSR count). The fourth-order valence-electron chi connectivity index (χ4n) is 2.22. The Kier molecular flexibility index (Phi) is 4.72. The summed E-state index contributed by atoms with van der Waals surface area (Å²) in [7, 11) is 1.58. The maximum absolute atomic E-state index is 11.6. The second-order valence-electron chi connectivity index (χ2n) is 4.67. The van der Waals surface area contributed by atoms with Crippen LogP contribution in [0.25, 0.3) is 0 Å². The molecule has 108 valence electrons. The highest BCUT2D eigenvalue weighted by molar-refractivity contribution is 6.32. The Balaban J connectivity index is 2.35. The number of hydrogen-bond donors (Lipinski definition) is 1. The van der Waals surface area contributed by atoms with Gasteiger partial charge in [0.25, 0.3) is 0 Å². The predicted octanol–water partition coefficient (Wildman–Crippen LogP) is 2.87. The number of ether oxygens (including phenoxy) is 1. The summed E-state index contributed by atoms with van der Waals surface area (Å²) in [6, 6.07) is 16.7. The van der Waals surface area contributed by atoms with Gasteiger partial charge >= 0.3 is 5.97 Å². The molecular weight excluding hydrogens is 268 g/mol. The first-order valence-corrected chi connectivity index (χ1v) is 6.57. The molecule has 0 heterocycles. The molecule has 2 aromatic carbocycles. The van der Waals surface area contributed by atoms with E-state index in [9.17, 15) is 9.59 Å². The van der Waals surface area contributed by atoms with Crippen LogP contribution >= 0.6 is 0 Å². The highest BCUT2D eigenvalue weighted by Crippen LogP contribution is 2.29. The van der Waals surface area contributed by atoms with E-state index in [0.29, 0.717) is 0 Å². The van der Waals surface area contributed by atoms with E-state index < -0.39 is 11.8 Å². The SMILES string of the molecule is COc1ccc([C@@H](CC(=O)C(=O)O)c2ccccc2)cc1. The quantitative estimate of drug-likeness (QED) is 0.828. The fourth-order valence-corrected chi connectivity index (χ4v) is 2.22. The lowest BCUT2D eigenvalue weighted by Gasteiger charge is -2.17. The molecule has 0 radical (unpaired) electrons. The van der Waals surface area contributed by atoms with Crippen molar-refractivity contribution in [3.05, 3.63) is 65.7 Å². The normalized spacial score (nSPS) is 11.7. The molecule has 1 N–H and O–H groups in total. The lowest BCUT2D eigenvalue weighted by Crippen LogP contribution is -2.17. The fraction of sp³-hybridized carbons (Fsp3) is 0.176. The standard InChI is InChI=1S/C17H16O4/c1-21-14-9-7-13(8-10-14)15(11-16(18)17(19)20)12-5-3-2-4-6-12/h2-10,15H,11H2,1H3,(H,19,20)/t15-/m0/s1. The van der Waals surface area contributed by atoms with Gasteiger partial charge in [0.15, 0.2) is 0 Å². The van der Waals surface area contributed by atoms with Crippen molar-refractivity contribution in [2.75, 3.05) is 7.11 Å². The molecule has 4 heteroatoms. The molecule has 0 saturated carbocycles. The highest BCUT2D eigenvalue weighted by atomic mass is 16.5. The summed E-state index contributed by atoms with van der Waals surface area (Å²) in [5.74, 6) is -1.75. The lowest BCUT2D eigenvalue weighted by atomic mass is 9.87. The first-order valence-electron chi connectivity index (χ1n) is 6.57. The number of rotatable bonds is 6. The second kappa shape index (κ2) is 6.70. The second-order valence-corrected chi connectivity index (χ2v) is 4.67. The molecule has 0 unspecified atom stereocenters. The molecule has 0 bridgehead atoms. The first-order chi connectivity index (χ1) is 10.1. The predicted molar refractivity (Wildman–Crippen MR) is 78.5 cm³/mol. The van der Waals surface area contributed by atoms with Crippen molar-refractivity contribution in [3.63, 3.8) is 0 Å². The van der Waals surface area contributed by atoms with E-state index in [-0.39, 0.29) is 12.3 Å². The molecule has 1 atom stereocenters. The molecule has 0 aliphatic carbocycles. The largest absolute Gasteiger partial charge is 0.497 e. The molecule has 21 heavy (non-hydrogen) atoms. The smallest absolute Gasteiger partial charge is 0.372 e. The molecule has 0 aromatic heterocycles. The monoisotopic (exact) mass is 284 g/mol. The number of ketones is 1. The van der Waals surface area contributed by atoms with E-state index in [1.807, 2.05) is 42.5 Å². The highest BCUT2D eigenvalue weighted by Gasteiger charge is 2.22. The number of Topliss-reactive ketones (excluding diaryl/α,β-unsaturated/α-hetero) is 1. The van der Waals surface area contributed by atoms with Gasteiger partial charge < -0.3 is 9.84 Å². The molecule has 0 saturated heterocycles. The van der Waals surface area contributed by atoms with Gasteiger partial charge in [0.2, 0.25) is 5.78 Å². The van der Waals surface area contributed by atoms with E-state index in [1.165, 1.54) is 0 Å². The minimum absolute atomic E-state index is 0.0638. The van der Waals surface area contributed by atoms with Crippen LogP contribution in [0.5, 0.6) is 5.75 Å². The number of carboxylic acids is 1. The third-order valence-electron chi connectivity index (χ3n) is 3.35. The number of hydrogen-bond acceptors (Lipinski definition) is 3. The van der Waals surface area contributed by atoms with Gasteiger partial charge in [-0.15, -0.1) is 0 Å². The average Bonchev–Trinajstić information content (AvgIpc) is 2.53. The Hall–Kier alpha value is -2.62. The summed E-state index contributed by atoms with van der Waals surface area (Å²) in [5, 5.41) is 8.84. The summed E-state index contributed by atoms with van der Waals surface area (Å²) >= 11 is 0. The summed E-state index contributed by atoms with van der Waals surface area (Å²) in [6.07, 6.45) is -0.0638. The minimum atomic E-state index is -1.40. The van der Waals surface area contributed by atoms with E-state index >= 15 is 0 Å². The molecule has 0 aliphatic rings. The van der Waals surface area contributed by atoms with E-state index in [1.54, 1.807) is 19.2 Å². The van der Waals surface area contributed by atoms with Crippen LogP contribution in [0.4, 0.5) is 0 Å². The number of carbonyl (C=O) groups excluding carboxylic acids is 1. The summed E-state index contributed by atoms with van der Waals surface area (Å²) in [4.78, 5) is 22.4. The molecule has 4 nitrogen and oxygen atoms in total. The number of methoxy groups -OCH3 is 1. The van der Waals surface area contributed by atoms with E-state index in [2.05, 4.69) is 0 Å². The van der Waals surface area contributed by atoms with Gasteiger partial charge in [-0.1, -0.05) is 42.5 Å². The van der Waals surface area contributed by atoms with Crippen molar-refractivity contribution < 1.29 is 19.4 Å². The summed E-state index contributed by atoms with van der Waals surface area (Å²) in [6.45, 7) is 0. The zero-order valence-corrected chi connectivity index (χ0v) is 11.7. The van der Waals surface area contributed by atoms with Crippen LogP contribution < -0.4 is 4.74 Å². The Morgan fingerprint density at radius 1 is 1.00 bits per heavy atom. The van der Waals surface area contributed by atoms with E-state index in [0.717, 1.165) is 16.9 Å². The van der Waals surface area contributed by atoms with Gasteiger partial charge in [0.05, 0.1) is 7.11 Å². The maximum Gasteiger partial charge on any atom is 0.372 e. The van der Waals surface area contributed by atoms with E-state index in [4.69, 9.17) is 9.84 Å². The van der Waals surface area contributed by atoms with Gasteiger partial charge in [-0.05, 0) is 23.3 Å². The van der Waals surface area contributed by atoms with Crippen molar-refractivity contribution in [3.8, 4) is 5.75 Å². The Labute approximate surface area is 123 Å². The Morgan fingerprint density at radius 2 is 1.57 bits per heavy atom. The number of benzene rings is 2. The maximum atomic E-state index is 11.6. The topological polar surface area (TPSA) is 63.6 Å². The molecule has 0 aliphatic heterocycles. The lowest BCUT2D eigenvalue weighted by molar-refractivity contribution is -0.149. The molecule has 0 spiro atoms. The van der Waals surface area contributed by atoms with Crippen molar-refractivity contribution >= 4 is 11.8 Å². The number of carboxylic acid groups (broad SMARTS) is 1. The van der Waals surface area contributed by atoms with Gasteiger partial charge in [-0.3, -0.25) is 4.79 Å². The van der Waals surface area contributed by atoms with Crippen LogP contribution in [-0.2, 0) is 9.59 Å². The molecule has 0 fully saturated rings. The third kappa shape index (κ3) is 3.69. The van der Waals surface area contributed by atoms with Crippen molar-refractivity contribution in [2.24, 2.45) is 0 Å². The van der Waals surface area contributed by atoms with Crippen LogP contribution in [0.1, 0.15) is 23.5 Å². The van der Waals surface area contributed by atoms with Crippen LogP contribution in [0, 0.1) is 0 Å². The van der Waals surface area contributed by atoms with Crippen LogP contribution in [0.15, 0.2) is 54.6 Å². The first kappa shape index (κ1) is 14.8. The number of carbonyl (C=O) groups is 2. The van der Waals surface area contributed by atoms with Crippen LogP contribution in [-0.4, -0.2) is 24.0 Å². The van der Waals surface area contributed by atoms with Crippen molar-refractivity contribution in [1.29, 1.82) is 0 Å². The Bertz CT molecular complexity index is 617. The summed E-state index contributed by atoms with van der Waals surface area (Å²) in [5.41, 5.74) is 1.80. The van der Waals surface area contributed by atoms with Crippen molar-refractivity contribution in [1.82, 2.24) is 0 Å². The molecular formula is C17H16O4. The molecule has 2 aromatic rings. The van der Waals surface area contributed by atoms with Crippen LogP contribution in [0.2, 0.25) is 0 Å². The summed E-state index contributed by atoms with van der Waals surface area (Å²) < 4.78 is 5.11. The Morgan fingerprint density at radius 3 is 2.10 bits per heavy atom. The molecule has 0 amide bonds. The van der Waals surface area contributed by atoms with Gasteiger partial charge in [0, 0.05) is 12.3 Å². The van der Waals surface area contributed by atoms with Gasteiger partial charge in [-0.2, -0.15) is 0 Å². The average molecular weight is 284 g/mol. The van der Waals surface area contributed by atoms with Crippen LogP contribution in [0.3, 0.4) is 0 Å². The van der Waals surface area contributed by atoms with Crippen molar-refractivity contribution in [2.45, 2.75) is 12.3 Å².